The molecule has 6 nitrogen and oxygen atoms in total. The van der Waals surface area contributed by atoms with Gasteiger partial charge in [-0.2, -0.15) is 0 Å². The third-order valence-electron chi connectivity index (χ3n) is 6.11. The lowest BCUT2D eigenvalue weighted by Gasteiger charge is -2.32. The molecule has 8 heteroatoms. The highest BCUT2D eigenvalue weighted by atomic mass is 35.5. The Morgan fingerprint density at radius 2 is 1.75 bits per heavy atom. The first kappa shape index (κ1) is 22.6. The zero-order valence-corrected chi connectivity index (χ0v) is 19.0. The maximum atomic E-state index is 13.3. The van der Waals surface area contributed by atoms with Crippen LogP contribution < -0.4 is 10.2 Å². The van der Waals surface area contributed by atoms with E-state index in [-0.39, 0.29) is 10.9 Å². The lowest BCUT2D eigenvalue weighted by Crippen LogP contribution is -2.42. The molecule has 2 aliphatic rings. The zero-order valence-electron chi connectivity index (χ0n) is 17.5. The Balaban J connectivity index is 1.38. The van der Waals surface area contributed by atoms with E-state index in [1.807, 2.05) is 24.3 Å². The monoisotopic (exact) mass is 474 g/mol. The predicted octanol–water partition coefficient (Wildman–Crippen LogP) is 4.87. The van der Waals surface area contributed by atoms with Gasteiger partial charge in [0, 0.05) is 12.2 Å². The first-order valence-corrected chi connectivity index (χ1v) is 11.5. The van der Waals surface area contributed by atoms with Gasteiger partial charge in [0.15, 0.2) is 6.61 Å². The average Bonchev–Trinajstić information content (AvgIpc) is 3.24. The minimum atomic E-state index is -0.549. The Morgan fingerprint density at radius 1 is 1.00 bits per heavy atom. The number of anilines is 2. The molecule has 1 aliphatic heterocycles. The van der Waals surface area contributed by atoms with E-state index < -0.39 is 30.3 Å². The number of nitrogens with one attached hydrogen (secondary N) is 1. The molecule has 2 amide bonds. The molecule has 0 spiro atoms. The van der Waals surface area contributed by atoms with Gasteiger partial charge in [0.25, 0.3) is 5.91 Å². The molecule has 0 bridgehead atoms. The smallest absolute Gasteiger partial charge is 0.310 e. The molecule has 2 aromatic carbocycles. The second-order valence-corrected chi connectivity index (χ2v) is 8.91. The van der Waals surface area contributed by atoms with Crippen molar-refractivity contribution < 1.29 is 19.1 Å². The van der Waals surface area contributed by atoms with Crippen LogP contribution in [0.3, 0.4) is 0 Å². The summed E-state index contributed by atoms with van der Waals surface area (Å²) in [6.45, 7) is 0.172. The van der Waals surface area contributed by atoms with E-state index in [1.165, 1.54) is 0 Å². The van der Waals surface area contributed by atoms with Crippen molar-refractivity contribution in [3.8, 4) is 0 Å². The van der Waals surface area contributed by atoms with E-state index in [2.05, 4.69) is 5.32 Å². The first-order valence-electron chi connectivity index (χ1n) is 10.8. The van der Waals surface area contributed by atoms with Crippen LogP contribution in [0.5, 0.6) is 0 Å². The number of ether oxygens (including phenoxy) is 1. The van der Waals surface area contributed by atoms with Crippen LogP contribution in [0.4, 0.5) is 11.4 Å². The number of halogens is 2. The van der Waals surface area contributed by atoms with Gasteiger partial charge in [-0.05, 0) is 43.0 Å². The van der Waals surface area contributed by atoms with Gasteiger partial charge in [0.05, 0.1) is 27.6 Å². The molecule has 4 rings (SSSR count). The molecule has 1 fully saturated rings. The molecule has 168 valence electrons. The summed E-state index contributed by atoms with van der Waals surface area (Å²) in [6, 6.07) is 12.7. The molecule has 0 radical (unpaired) electrons. The third-order valence-corrected chi connectivity index (χ3v) is 6.93. The van der Waals surface area contributed by atoms with E-state index in [4.69, 9.17) is 27.9 Å². The molecular formula is C24H24Cl2N2O4. The van der Waals surface area contributed by atoms with Crippen LogP contribution in [0, 0.1) is 11.8 Å². The second-order valence-electron chi connectivity index (χ2n) is 8.12. The number of carbonyl (C=O) groups excluding carboxylic acids is 3. The molecule has 2 aromatic rings. The minimum Gasteiger partial charge on any atom is -0.455 e. The molecule has 1 heterocycles. The number of nitrogens with zero attached hydrogens (tertiary/aromatic N) is 1. The fourth-order valence-electron chi connectivity index (χ4n) is 4.51. The largest absolute Gasteiger partial charge is 0.455 e. The predicted molar refractivity (Wildman–Crippen MR) is 124 cm³/mol. The van der Waals surface area contributed by atoms with Crippen molar-refractivity contribution >= 4 is 52.4 Å². The molecule has 1 saturated carbocycles. The minimum absolute atomic E-state index is 0.0354. The van der Waals surface area contributed by atoms with E-state index in [0.29, 0.717) is 30.1 Å². The Morgan fingerprint density at radius 3 is 2.56 bits per heavy atom. The normalized spacial score (nSPS) is 19.9. The van der Waals surface area contributed by atoms with Gasteiger partial charge in [-0.3, -0.25) is 14.4 Å². The number of para-hydroxylation sites is 1. The molecule has 2 atom stereocenters. The third kappa shape index (κ3) is 4.76. The SMILES string of the molecule is O=C(COC(=O)[C@H]1CCCC[C@@H]1C(=O)N1CCc2ccccc21)Nc1cccc(Cl)c1Cl. The van der Waals surface area contributed by atoms with Crippen LogP contribution in [0.15, 0.2) is 42.5 Å². The molecule has 0 aromatic heterocycles. The summed E-state index contributed by atoms with van der Waals surface area (Å²) in [7, 11) is 0. The Bertz CT molecular complexity index is 1040. The summed E-state index contributed by atoms with van der Waals surface area (Å²) >= 11 is 12.0. The number of carbonyl (C=O) groups is 3. The van der Waals surface area contributed by atoms with Gasteiger partial charge < -0.3 is 15.0 Å². The van der Waals surface area contributed by atoms with Crippen LogP contribution in [-0.2, 0) is 25.5 Å². The number of hydrogen-bond donors (Lipinski definition) is 1. The highest BCUT2D eigenvalue weighted by Crippen LogP contribution is 2.36. The van der Waals surface area contributed by atoms with E-state index in [1.54, 1.807) is 23.1 Å². The lowest BCUT2D eigenvalue weighted by molar-refractivity contribution is -0.156. The number of benzene rings is 2. The highest BCUT2D eigenvalue weighted by molar-refractivity contribution is 6.44. The second kappa shape index (κ2) is 9.92. The zero-order chi connectivity index (χ0) is 22.7. The van der Waals surface area contributed by atoms with Crippen LogP contribution in [0.2, 0.25) is 10.0 Å². The quantitative estimate of drug-likeness (QED) is 0.627. The Labute approximate surface area is 196 Å². The summed E-state index contributed by atoms with van der Waals surface area (Å²) in [5, 5.41) is 3.12. The van der Waals surface area contributed by atoms with Gasteiger partial charge in [-0.1, -0.05) is 60.3 Å². The molecule has 0 saturated heterocycles. The molecular weight excluding hydrogens is 451 g/mol. The summed E-state index contributed by atoms with van der Waals surface area (Å²) < 4.78 is 5.30. The molecule has 32 heavy (non-hydrogen) atoms. The van der Waals surface area contributed by atoms with Crippen molar-refractivity contribution in [2.45, 2.75) is 32.1 Å². The van der Waals surface area contributed by atoms with Crippen molar-refractivity contribution in [2.75, 3.05) is 23.4 Å². The summed E-state index contributed by atoms with van der Waals surface area (Å²) in [5.41, 5.74) is 2.42. The maximum Gasteiger partial charge on any atom is 0.310 e. The molecule has 1 N–H and O–H groups in total. The van der Waals surface area contributed by atoms with Crippen LogP contribution in [0.25, 0.3) is 0 Å². The summed E-state index contributed by atoms with van der Waals surface area (Å²) in [4.78, 5) is 40.2. The van der Waals surface area contributed by atoms with Crippen molar-refractivity contribution in [2.24, 2.45) is 11.8 Å². The van der Waals surface area contributed by atoms with Gasteiger partial charge in [-0.25, -0.2) is 0 Å². The van der Waals surface area contributed by atoms with Gasteiger partial charge in [0.2, 0.25) is 5.91 Å². The van der Waals surface area contributed by atoms with Crippen LogP contribution in [-0.4, -0.2) is 30.9 Å². The maximum absolute atomic E-state index is 13.3. The fraction of sp³-hybridized carbons (Fsp3) is 0.375. The summed E-state index contributed by atoms with van der Waals surface area (Å²) in [6.07, 6.45) is 3.78. The van der Waals surface area contributed by atoms with E-state index >= 15 is 0 Å². The van der Waals surface area contributed by atoms with Gasteiger partial charge in [0.1, 0.15) is 0 Å². The number of hydrogen-bond acceptors (Lipinski definition) is 4. The Kier molecular flexibility index (Phi) is 7.01. The first-order chi connectivity index (χ1) is 15.5. The highest BCUT2D eigenvalue weighted by Gasteiger charge is 2.40. The number of fused-ring (bicyclic) bond motifs is 1. The number of rotatable bonds is 5. The van der Waals surface area contributed by atoms with Crippen molar-refractivity contribution in [1.82, 2.24) is 0 Å². The molecule has 0 unspecified atom stereocenters. The van der Waals surface area contributed by atoms with E-state index in [9.17, 15) is 14.4 Å². The fourth-order valence-corrected chi connectivity index (χ4v) is 4.85. The lowest BCUT2D eigenvalue weighted by atomic mass is 9.78. The topological polar surface area (TPSA) is 75.7 Å². The van der Waals surface area contributed by atoms with E-state index in [0.717, 1.165) is 30.5 Å². The average molecular weight is 475 g/mol. The van der Waals surface area contributed by atoms with Crippen molar-refractivity contribution in [3.05, 3.63) is 58.1 Å². The van der Waals surface area contributed by atoms with Crippen LogP contribution in [0.1, 0.15) is 31.2 Å². The Hall–Kier alpha value is -2.57. The van der Waals surface area contributed by atoms with Gasteiger partial charge in [-0.15, -0.1) is 0 Å². The van der Waals surface area contributed by atoms with Crippen LogP contribution >= 0.6 is 23.2 Å². The summed E-state index contributed by atoms with van der Waals surface area (Å²) in [5.74, 6) is -2.05. The van der Waals surface area contributed by atoms with Gasteiger partial charge >= 0.3 is 5.97 Å². The van der Waals surface area contributed by atoms with Crippen molar-refractivity contribution in [1.29, 1.82) is 0 Å². The number of esters is 1. The number of amides is 2. The molecule has 1 aliphatic carbocycles. The van der Waals surface area contributed by atoms with Crippen molar-refractivity contribution in [3.63, 3.8) is 0 Å². The standard InChI is InChI=1S/C24H24Cl2N2O4/c25-18-9-5-10-19(22(18)26)27-21(29)14-32-24(31)17-8-3-2-7-16(17)23(30)28-13-12-15-6-1-4-11-20(15)28/h1,4-6,9-11,16-17H,2-3,7-8,12-14H2,(H,27,29)/t16-,17-/m0/s1.